The summed E-state index contributed by atoms with van der Waals surface area (Å²) < 4.78 is 42.0. The maximum Gasteiger partial charge on any atom is 0.418 e. The summed E-state index contributed by atoms with van der Waals surface area (Å²) in [6, 6.07) is 16.5. The van der Waals surface area contributed by atoms with Gasteiger partial charge in [-0.25, -0.2) is 0 Å². The molecule has 0 bridgehead atoms. The van der Waals surface area contributed by atoms with Crippen molar-refractivity contribution >= 4 is 39.3 Å². The zero-order valence-electron chi connectivity index (χ0n) is 16.8. The highest BCUT2D eigenvalue weighted by Crippen LogP contribution is 2.37. The lowest BCUT2D eigenvalue weighted by Gasteiger charge is -2.14. The number of para-hydroxylation sites is 1. The average Bonchev–Trinajstić information content (AvgIpc) is 3.23. The number of halogens is 4. The van der Waals surface area contributed by atoms with Gasteiger partial charge in [0.1, 0.15) is 0 Å². The predicted molar refractivity (Wildman–Crippen MR) is 123 cm³/mol. The van der Waals surface area contributed by atoms with Crippen LogP contribution in [0.2, 0.25) is 0 Å². The Morgan fingerprint density at radius 2 is 1.76 bits per heavy atom. The Hall–Kier alpha value is -3.18. The minimum absolute atomic E-state index is 0.158. The smallest absolute Gasteiger partial charge is 0.325 e. The van der Waals surface area contributed by atoms with Crippen LogP contribution in [0.3, 0.4) is 0 Å². The van der Waals surface area contributed by atoms with Crippen LogP contribution in [0.5, 0.6) is 0 Å². The summed E-state index contributed by atoms with van der Waals surface area (Å²) >= 11 is 4.10. The van der Waals surface area contributed by atoms with Gasteiger partial charge in [0.2, 0.25) is 5.91 Å². The standard InChI is InChI=1S/C22H15BrF3N5OS/c23-15-6-7-18(17(12-15)22(24,25)26)28-19(32)13-33-21-30-29-20(14-8-10-27-11-9-14)31(21)16-4-2-1-3-5-16/h1-12H,13H2,(H,28,32). The fraction of sp³-hybridized carbons (Fsp3) is 0.0909. The molecule has 0 fully saturated rings. The summed E-state index contributed by atoms with van der Waals surface area (Å²) in [5, 5.41) is 11.2. The van der Waals surface area contributed by atoms with E-state index in [9.17, 15) is 18.0 Å². The normalized spacial score (nSPS) is 11.4. The minimum Gasteiger partial charge on any atom is -0.325 e. The molecule has 0 aliphatic heterocycles. The van der Waals surface area contributed by atoms with E-state index in [2.05, 4.69) is 36.4 Å². The molecule has 0 spiro atoms. The van der Waals surface area contributed by atoms with E-state index in [0.29, 0.717) is 11.0 Å². The van der Waals surface area contributed by atoms with Crippen molar-refractivity contribution in [2.75, 3.05) is 11.1 Å². The number of nitrogens with zero attached hydrogens (tertiary/aromatic N) is 4. The fourth-order valence-electron chi connectivity index (χ4n) is 3.04. The molecule has 1 N–H and O–H groups in total. The Morgan fingerprint density at radius 1 is 1.03 bits per heavy atom. The van der Waals surface area contributed by atoms with Crippen molar-refractivity contribution in [3.63, 3.8) is 0 Å². The van der Waals surface area contributed by atoms with E-state index in [1.54, 1.807) is 29.1 Å². The third-order valence-corrected chi connectivity index (χ3v) is 5.90. The third-order valence-electron chi connectivity index (χ3n) is 4.48. The highest BCUT2D eigenvalue weighted by Gasteiger charge is 2.34. The van der Waals surface area contributed by atoms with Crippen LogP contribution in [-0.4, -0.2) is 31.4 Å². The van der Waals surface area contributed by atoms with Gasteiger partial charge in [-0.1, -0.05) is 45.9 Å². The quantitative estimate of drug-likeness (QED) is 0.315. The molecule has 33 heavy (non-hydrogen) atoms. The first kappa shape index (κ1) is 23.0. The molecule has 0 aliphatic carbocycles. The predicted octanol–water partition coefficient (Wildman–Crippen LogP) is 5.84. The van der Waals surface area contributed by atoms with Crippen molar-refractivity contribution in [2.24, 2.45) is 0 Å². The zero-order chi connectivity index (χ0) is 23.4. The number of hydrogen-bond acceptors (Lipinski definition) is 5. The van der Waals surface area contributed by atoms with Crippen molar-refractivity contribution in [3.8, 4) is 17.1 Å². The number of hydrogen-bond donors (Lipinski definition) is 1. The first-order valence-corrected chi connectivity index (χ1v) is 11.3. The molecule has 0 unspecified atom stereocenters. The number of pyridine rings is 1. The van der Waals surface area contributed by atoms with Crippen LogP contribution in [0.4, 0.5) is 18.9 Å². The molecule has 168 valence electrons. The maximum atomic E-state index is 13.3. The van der Waals surface area contributed by atoms with Crippen molar-refractivity contribution in [1.29, 1.82) is 0 Å². The highest BCUT2D eigenvalue weighted by molar-refractivity contribution is 9.10. The molecule has 0 aliphatic rings. The van der Waals surface area contributed by atoms with Crippen LogP contribution in [0, 0.1) is 0 Å². The Balaban J connectivity index is 1.57. The molecule has 4 rings (SSSR count). The van der Waals surface area contributed by atoms with E-state index in [1.165, 1.54) is 12.1 Å². The van der Waals surface area contributed by atoms with Gasteiger partial charge in [-0.2, -0.15) is 13.2 Å². The van der Waals surface area contributed by atoms with Gasteiger partial charge < -0.3 is 5.32 Å². The van der Waals surface area contributed by atoms with Gasteiger partial charge in [0.25, 0.3) is 0 Å². The average molecular weight is 534 g/mol. The van der Waals surface area contributed by atoms with Crippen molar-refractivity contribution < 1.29 is 18.0 Å². The highest BCUT2D eigenvalue weighted by atomic mass is 79.9. The Kier molecular flexibility index (Phi) is 6.80. The van der Waals surface area contributed by atoms with E-state index >= 15 is 0 Å². The molecule has 6 nitrogen and oxygen atoms in total. The van der Waals surface area contributed by atoms with Gasteiger partial charge >= 0.3 is 6.18 Å². The van der Waals surface area contributed by atoms with E-state index in [0.717, 1.165) is 29.1 Å². The molecule has 2 heterocycles. The lowest BCUT2D eigenvalue weighted by atomic mass is 10.1. The number of benzene rings is 2. The van der Waals surface area contributed by atoms with Crippen LogP contribution in [0.15, 0.2) is 82.7 Å². The number of anilines is 1. The molecule has 2 aromatic heterocycles. The molecular formula is C22H15BrF3N5OS. The van der Waals surface area contributed by atoms with Crippen molar-refractivity contribution in [3.05, 3.63) is 83.1 Å². The Labute approximate surface area is 199 Å². The topological polar surface area (TPSA) is 72.7 Å². The third kappa shape index (κ3) is 5.42. The maximum absolute atomic E-state index is 13.3. The van der Waals surface area contributed by atoms with Gasteiger partial charge in [-0.05, 0) is 42.5 Å². The van der Waals surface area contributed by atoms with Gasteiger partial charge in [0.15, 0.2) is 11.0 Å². The lowest BCUT2D eigenvalue weighted by Crippen LogP contribution is -2.18. The molecule has 0 atom stereocenters. The van der Waals surface area contributed by atoms with Gasteiger partial charge in [0, 0.05) is 28.1 Å². The van der Waals surface area contributed by atoms with Crippen LogP contribution < -0.4 is 5.32 Å². The van der Waals surface area contributed by atoms with Crippen LogP contribution >= 0.6 is 27.7 Å². The number of thioether (sulfide) groups is 1. The molecule has 0 saturated carbocycles. The summed E-state index contributed by atoms with van der Waals surface area (Å²) in [5.74, 6) is -0.200. The minimum atomic E-state index is -4.60. The van der Waals surface area contributed by atoms with Crippen LogP contribution in [0.1, 0.15) is 5.56 Å². The number of aromatic nitrogens is 4. The van der Waals surface area contributed by atoms with E-state index in [-0.39, 0.29) is 15.9 Å². The molecule has 2 aromatic carbocycles. The van der Waals surface area contributed by atoms with Crippen molar-refractivity contribution in [2.45, 2.75) is 11.3 Å². The zero-order valence-corrected chi connectivity index (χ0v) is 19.2. The number of carbonyl (C=O) groups excluding carboxylic acids is 1. The molecule has 1 amide bonds. The second-order valence-corrected chi connectivity index (χ2v) is 8.60. The van der Waals surface area contributed by atoms with E-state index in [4.69, 9.17) is 0 Å². The summed E-state index contributed by atoms with van der Waals surface area (Å²) in [5.41, 5.74) is 0.327. The monoisotopic (exact) mass is 533 g/mol. The number of alkyl halides is 3. The van der Waals surface area contributed by atoms with Gasteiger partial charge in [-0.15, -0.1) is 10.2 Å². The summed E-state index contributed by atoms with van der Waals surface area (Å²) in [4.78, 5) is 16.5. The van der Waals surface area contributed by atoms with Crippen LogP contribution in [0.25, 0.3) is 17.1 Å². The van der Waals surface area contributed by atoms with Gasteiger partial charge in [-0.3, -0.25) is 14.3 Å². The summed E-state index contributed by atoms with van der Waals surface area (Å²) in [7, 11) is 0. The summed E-state index contributed by atoms with van der Waals surface area (Å²) in [6.07, 6.45) is -1.33. The number of amides is 1. The Bertz CT molecular complexity index is 1270. The SMILES string of the molecule is O=C(CSc1nnc(-c2ccncc2)n1-c1ccccc1)Nc1ccc(Br)cc1C(F)(F)F. The number of nitrogens with one attached hydrogen (secondary N) is 1. The number of rotatable bonds is 6. The van der Waals surface area contributed by atoms with E-state index in [1.807, 2.05) is 30.3 Å². The second-order valence-electron chi connectivity index (χ2n) is 6.74. The molecule has 4 aromatic rings. The largest absolute Gasteiger partial charge is 0.418 e. The first-order valence-electron chi connectivity index (χ1n) is 9.53. The van der Waals surface area contributed by atoms with Gasteiger partial charge in [0.05, 0.1) is 17.0 Å². The Morgan fingerprint density at radius 3 is 2.45 bits per heavy atom. The number of carbonyl (C=O) groups is 1. The molecule has 0 saturated heterocycles. The first-order chi connectivity index (χ1) is 15.8. The van der Waals surface area contributed by atoms with E-state index < -0.39 is 17.6 Å². The van der Waals surface area contributed by atoms with Crippen LogP contribution in [-0.2, 0) is 11.0 Å². The molecular weight excluding hydrogens is 519 g/mol. The van der Waals surface area contributed by atoms with Crippen molar-refractivity contribution in [1.82, 2.24) is 19.7 Å². The molecule has 0 radical (unpaired) electrons. The summed E-state index contributed by atoms with van der Waals surface area (Å²) in [6.45, 7) is 0. The lowest BCUT2D eigenvalue weighted by molar-refractivity contribution is -0.137. The second kappa shape index (κ2) is 9.75. The fourth-order valence-corrected chi connectivity index (χ4v) is 4.15. The molecule has 11 heteroatoms.